The summed E-state index contributed by atoms with van der Waals surface area (Å²) in [4.78, 5) is 0. The van der Waals surface area contributed by atoms with Gasteiger partial charge >= 0.3 is 0 Å². The lowest BCUT2D eigenvalue weighted by Crippen LogP contribution is -2.43. The normalized spacial score (nSPS) is 28.6. The third kappa shape index (κ3) is 3.94. The topological polar surface area (TPSA) is 66.4 Å². The van der Waals surface area contributed by atoms with Gasteiger partial charge in [-0.2, -0.15) is 0 Å². The third-order valence-corrected chi connectivity index (χ3v) is 4.40. The van der Waals surface area contributed by atoms with Crippen molar-refractivity contribution in [2.75, 3.05) is 18.1 Å². The Balaban J connectivity index is 2.31. The van der Waals surface area contributed by atoms with Crippen molar-refractivity contribution in [2.45, 2.75) is 38.3 Å². The number of aliphatic hydroxyl groups excluding tert-OH is 1. The molecule has 1 rings (SSSR count). The van der Waals surface area contributed by atoms with Crippen LogP contribution in [0.15, 0.2) is 0 Å². The van der Waals surface area contributed by atoms with Crippen LogP contribution in [-0.2, 0) is 9.84 Å². The van der Waals surface area contributed by atoms with Crippen LogP contribution in [0.2, 0.25) is 0 Å². The van der Waals surface area contributed by atoms with Gasteiger partial charge in [0.2, 0.25) is 0 Å². The minimum absolute atomic E-state index is 0.0370. The Hall–Kier alpha value is -0.130. The van der Waals surface area contributed by atoms with Crippen molar-refractivity contribution in [3.05, 3.63) is 0 Å². The predicted octanol–water partition coefficient (Wildman–Crippen LogP) is -0.0759. The molecule has 0 aromatic heterocycles. The van der Waals surface area contributed by atoms with Crippen molar-refractivity contribution in [1.29, 1.82) is 0 Å². The van der Waals surface area contributed by atoms with Crippen LogP contribution in [0, 0.1) is 0 Å². The molecular weight excluding hydrogens is 202 g/mol. The van der Waals surface area contributed by atoms with E-state index in [1.54, 1.807) is 0 Å². The van der Waals surface area contributed by atoms with Gasteiger partial charge in [0.25, 0.3) is 0 Å². The highest BCUT2D eigenvalue weighted by molar-refractivity contribution is 7.91. The molecule has 0 aromatic rings. The van der Waals surface area contributed by atoms with Gasteiger partial charge in [0, 0.05) is 12.6 Å². The molecule has 1 heterocycles. The van der Waals surface area contributed by atoms with Crippen molar-refractivity contribution in [3.8, 4) is 0 Å². The first-order valence-electron chi connectivity index (χ1n) is 5.15. The van der Waals surface area contributed by atoms with Gasteiger partial charge in [0.05, 0.1) is 17.6 Å². The van der Waals surface area contributed by atoms with Gasteiger partial charge in [-0.25, -0.2) is 8.42 Å². The lowest BCUT2D eigenvalue weighted by Gasteiger charge is -2.24. The average molecular weight is 221 g/mol. The fourth-order valence-electron chi connectivity index (χ4n) is 1.63. The molecule has 2 atom stereocenters. The second-order valence-corrected chi connectivity index (χ2v) is 6.15. The molecule has 0 saturated carbocycles. The van der Waals surface area contributed by atoms with Crippen LogP contribution in [0.5, 0.6) is 0 Å². The molecule has 1 fully saturated rings. The van der Waals surface area contributed by atoms with Crippen molar-refractivity contribution in [3.63, 3.8) is 0 Å². The van der Waals surface area contributed by atoms with Gasteiger partial charge < -0.3 is 10.4 Å². The molecule has 5 heteroatoms. The van der Waals surface area contributed by atoms with Gasteiger partial charge in [-0.1, -0.05) is 6.92 Å². The first kappa shape index (κ1) is 11.9. The predicted molar refractivity (Wildman–Crippen MR) is 56.0 cm³/mol. The lowest BCUT2D eigenvalue weighted by molar-refractivity contribution is 0.163. The number of hydrogen-bond donors (Lipinski definition) is 2. The second-order valence-electron chi connectivity index (χ2n) is 3.92. The Kier molecular flexibility index (Phi) is 4.34. The summed E-state index contributed by atoms with van der Waals surface area (Å²) in [7, 11) is -2.83. The fraction of sp³-hybridized carbons (Fsp3) is 1.00. The minimum Gasteiger partial charge on any atom is -0.392 e. The second kappa shape index (κ2) is 5.09. The van der Waals surface area contributed by atoms with Crippen LogP contribution in [0.1, 0.15) is 26.2 Å². The zero-order valence-corrected chi connectivity index (χ0v) is 9.39. The van der Waals surface area contributed by atoms with Gasteiger partial charge in [0.15, 0.2) is 9.84 Å². The molecule has 84 valence electrons. The summed E-state index contributed by atoms with van der Waals surface area (Å²) in [6.45, 7) is 2.40. The molecular formula is C9H19NO3S. The summed E-state index contributed by atoms with van der Waals surface area (Å²) in [5, 5.41) is 12.4. The van der Waals surface area contributed by atoms with E-state index in [9.17, 15) is 13.5 Å². The Labute approximate surface area is 85.6 Å². The van der Waals surface area contributed by atoms with Crippen LogP contribution in [0.3, 0.4) is 0 Å². The van der Waals surface area contributed by atoms with Gasteiger partial charge in [-0.05, 0) is 19.3 Å². The Morgan fingerprint density at radius 2 is 2.29 bits per heavy atom. The quantitative estimate of drug-likeness (QED) is 0.697. The molecule has 4 nitrogen and oxygen atoms in total. The summed E-state index contributed by atoms with van der Waals surface area (Å²) in [6.07, 6.45) is 1.98. The van der Waals surface area contributed by atoms with Crippen LogP contribution in [0.4, 0.5) is 0 Å². The van der Waals surface area contributed by atoms with E-state index in [2.05, 4.69) is 5.32 Å². The number of rotatable bonds is 4. The molecule has 0 amide bonds. The zero-order valence-electron chi connectivity index (χ0n) is 8.57. The Morgan fingerprint density at radius 3 is 2.86 bits per heavy atom. The van der Waals surface area contributed by atoms with Crippen molar-refractivity contribution < 1.29 is 13.5 Å². The highest BCUT2D eigenvalue weighted by atomic mass is 32.2. The average Bonchev–Trinajstić information content (AvgIpc) is 2.12. The van der Waals surface area contributed by atoms with E-state index in [0.717, 1.165) is 12.8 Å². The molecule has 1 saturated heterocycles. The van der Waals surface area contributed by atoms with E-state index >= 15 is 0 Å². The van der Waals surface area contributed by atoms with E-state index < -0.39 is 9.84 Å². The molecule has 2 N–H and O–H groups in total. The molecule has 1 aliphatic rings. The molecule has 0 spiro atoms. The highest BCUT2D eigenvalue weighted by Crippen LogP contribution is 2.11. The zero-order chi connectivity index (χ0) is 10.6. The SMILES string of the molecule is CCC(O)CNC1CCCS(=O)(=O)C1. The number of hydrogen-bond acceptors (Lipinski definition) is 4. The van der Waals surface area contributed by atoms with Gasteiger partial charge in [-0.15, -0.1) is 0 Å². The van der Waals surface area contributed by atoms with E-state index in [1.165, 1.54) is 0 Å². The van der Waals surface area contributed by atoms with E-state index in [1.807, 2.05) is 6.92 Å². The van der Waals surface area contributed by atoms with Crippen molar-refractivity contribution in [2.24, 2.45) is 0 Å². The third-order valence-electron chi connectivity index (χ3n) is 2.58. The first-order chi connectivity index (χ1) is 6.53. The van der Waals surface area contributed by atoms with Crippen LogP contribution in [-0.4, -0.2) is 43.7 Å². The Bertz CT molecular complexity index is 263. The van der Waals surface area contributed by atoms with Gasteiger partial charge in [-0.3, -0.25) is 0 Å². The van der Waals surface area contributed by atoms with E-state index in [0.29, 0.717) is 18.7 Å². The Morgan fingerprint density at radius 1 is 1.57 bits per heavy atom. The summed E-state index contributed by atoms with van der Waals surface area (Å²) in [5.41, 5.74) is 0. The highest BCUT2D eigenvalue weighted by Gasteiger charge is 2.24. The monoisotopic (exact) mass is 221 g/mol. The molecule has 2 unspecified atom stereocenters. The van der Waals surface area contributed by atoms with Gasteiger partial charge in [0.1, 0.15) is 0 Å². The molecule has 0 bridgehead atoms. The smallest absolute Gasteiger partial charge is 0.151 e. The van der Waals surface area contributed by atoms with E-state index in [4.69, 9.17) is 0 Å². The summed E-state index contributed by atoms with van der Waals surface area (Å²) in [6, 6.07) is 0.0370. The summed E-state index contributed by atoms with van der Waals surface area (Å²) >= 11 is 0. The van der Waals surface area contributed by atoms with Crippen LogP contribution >= 0.6 is 0 Å². The number of sulfone groups is 1. The maximum atomic E-state index is 11.3. The summed E-state index contributed by atoms with van der Waals surface area (Å²) < 4.78 is 22.5. The molecule has 0 aliphatic carbocycles. The number of aliphatic hydroxyl groups is 1. The van der Waals surface area contributed by atoms with Crippen molar-refractivity contribution >= 4 is 9.84 Å². The molecule has 1 aliphatic heterocycles. The maximum Gasteiger partial charge on any atom is 0.151 e. The van der Waals surface area contributed by atoms with Crippen LogP contribution < -0.4 is 5.32 Å². The fourth-order valence-corrected chi connectivity index (χ4v) is 3.30. The van der Waals surface area contributed by atoms with Crippen molar-refractivity contribution in [1.82, 2.24) is 5.32 Å². The standard InChI is InChI=1S/C9H19NO3S/c1-2-9(11)6-10-8-4-3-5-14(12,13)7-8/h8-11H,2-7H2,1H3. The lowest BCUT2D eigenvalue weighted by atomic mass is 10.1. The summed E-state index contributed by atoms with van der Waals surface area (Å²) in [5.74, 6) is 0.547. The van der Waals surface area contributed by atoms with Crippen LogP contribution in [0.25, 0.3) is 0 Å². The first-order valence-corrected chi connectivity index (χ1v) is 6.97. The van der Waals surface area contributed by atoms with E-state index in [-0.39, 0.29) is 17.9 Å². The molecule has 0 radical (unpaired) electrons. The number of nitrogens with one attached hydrogen (secondary N) is 1. The largest absolute Gasteiger partial charge is 0.392 e. The molecule has 0 aromatic carbocycles. The maximum absolute atomic E-state index is 11.3. The minimum atomic E-state index is -2.83. The molecule has 14 heavy (non-hydrogen) atoms.